The monoisotopic (exact) mass is 273 g/mol. The molecule has 1 aromatic carbocycles. The Morgan fingerprint density at radius 1 is 1.33 bits per heavy atom. The summed E-state index contributed by atoms with van der Waals surface area (Å²) in [5.74, 6) is -0.272. The van der Waals surface area contributed by atoms with Crippen molar-refractivity contribution in [2.45, 2.75) is 11.0 Å². The van der Waals surface area contributed by atoms with Gasteiger partial charge in [0.2, 0.25) is 10.0 Å². The Bertz CT molecular complexity index is 496. The summed E-state index contributed by atoms with van der Waals surface area (Å²) in [7, 11) is -3.73. The van der Waals surface area contributed by atoms with Crippen LogP contribution < -0.4 is 4.72 Å². The first-order valence-electron chi connectivity index (χ1n) is 5.56. The molecule has 7 heteroatoms. The van der Waals surface area contributed by atoms with E-state index in [1.54, 1.807) is 12.1 Å². The lowest BCUT2D eigenvalue weighted by Crippen LogP contribution is -2.39. The van der Waals surface area contributed by atoms with Gasteiger partial charge in [0.05, 0.1) is 25.9 Å². The van der Waals surface area contributed by atoms with Crippen LogP contribution >= 0.6 is 0 Å². The lowest BCUT2D eigenvalue weighted by Gasteiger charge is -2.23. The molecule has 0 aliphatic carbocycles. The smallest absolute Gasteiger partial charge is 0.244 e. The summed E-state index contributed by atoms with van der Waals surface area (Å²) in [6.07, 6.45) is -0.292. The average molecular weight is 273 g/mol. The van der Waals surface area contributed by atoms with Gasteiger partial charge in [0.1, 0.15) is 10.6 Å². The highest BCUT2D eigenvalue weighted by Crippen LogP contribution is 2.20. The maximum absolute atomic E-state index is 11.9. The number of phenols is 1. The highest BCUT2D eigenvalue weighted by atomic mass is 32.2. The molecule has 1 atom stereocenters. The van der Waals surface area contributed by atoms with E-state index in [2.05, 4.69) is 4.72 Å². The van der Waals surface area contributed by atoms with E-state index in [1.807, 2.05) is 0 Å². The number of hydrogen-bond donors (Lipinski definition) is 2. The summed E-state index contributed by atoms with van der Waals surface area (Å²) in [5.41, 5.74) is 0. The largest absolute Gasteiger partial charge is 0.507 e. The van der Waals surface area contributed by atoms with E-state index in [4.69, 9.17) is 9.47 Å². The van der Waals surface area contributed by atoms with Gasteiger partial charge in [-0.2, -0.15) is 0 Å². The molecule has 0 saturated carbocycles. The molecule has 0 bridgehead atoms. The van der Waals surface area contributed by atoms with Crippen LogP contribution in [0.15, 0.2) is 29.2 Å². The molecule has 1 heterocycles. The molecule has 18 heavy (non-hydrogen) atoms. The van der Waals surface area contributed by atoms with Gasteiger partial charge in [-0.25, -0.2) is 13.1 Å². The Kier molecular flexibility index (Phi) is 4.18. The summed E-state index contributed by atoms with van der Waals surface area (Å²) >= 11 is 0. The van der Waals surface area contributed by atoms with E-state index >= 15 is 0 Å². The topological polar surface area (TPSA) is 84.9 Å². The van der Waals surface area contributed by atoms with Gasteiger partial charge >= 0.3 is 0 Å². The van der Waals surface area contributed by atoms with Crippen LogP contribution in [-0.2, 0) is 19.5 Å². The lowest BCUT2D eigenvalue weighted by atomic mass is 10.3. The molecule has 0 amide bonds. The molecule has 1 saturated heterocycles. The third kappa shape index (κ3) is 3.20. The molecule has 0 spiro atoms. The van der Waals surface area contributed by atoms with Gasteiger partial charge < -0.3 is 14.6 Å². The van der Waals surface area contributed by atoms with Crippen LogP contribution in [0.2, 0.25) is 0 Å². The number of sulfonamides is 1. The number of nitrogens with one attached hydrogen (secondary N) is 1. The lowest BCUT2D eigenvalue weighted by molar-refractivity contribution is -0.0846. The number of hydrogen-bond acceptors (Lipinski definition) is 5. The predicted molar refractivity (Wildman–Crippen MR) is 63.9 cm³/mol. The number of ether oxygens (including phenoxy) is 2. The van der Waals surface area contributed by atoms with E-state index in [1.165, 1.54) is 12.1 Å². The van der Waals surface area contributed by atoms with Crippen molar-refractivity contribution in [3.63, 3.8) is 0 Å². The van der Waals surface area contributed by atoms with Crippen LogP contribution in [0.1, 0.15) is 0 Å². The number of rotatable bonds is 4. The van der Waals surface area contributed by atoms with E-state index < -0.39 is 10.0 Å². The minimum absolute atomic E-state index is 0.122. The Morgan fingerprint density at radius 2 is 2.11 bits per heavy atom. The Labute approximate surface area is 106 Å². The third-order valence-electron chi connectivity index (χ3n) is 2.54. The second-order valence-corrected chi connectivity index (χ2v) is 5.62. The van der Waals surface area contributed by atoms with Gasteiger partial charge in [-0.1, -0.05) is 12.1 Å². The van der Waals surface area contributed by atoms with Crippen molar-refractivity contribution >= 4 is 10.0 Å². The molecule has 1 aromatic rings. The van der Waals surface area contributed by atoms with E-state index in [0.29, 0.717) is 19.8 Å². The van der Waals surface area contributed by atoms with Crippen LogP contribution in [0.4, 0.5) is 0 Å². The maximum Gasteiger partial charge on any atom is 0.244 e. The second kappa shape index (κ2) is 5.66. The summed E-state index contributed by atoms with van der Waals surface area (Å²) in [5, 5.41) is 9.51. The molecule has 1 fully saturated rings. The molecular weight excluding hydrogens is 258 g/mol. The van der Waals surface area contributed by atoms with Crippen LogP contribution in [0.3, 0.4) is 0 Å². The van der Waals surface area contributed by atoms with Crippen molar-refractivity contribution in [3.8, 4) is 5.75 Å². The normalized spacial score (nSPS) is 20.8. The first-order chi connectivity index (χ1) is 8.59. The van der Waals surface area contributed by atoms with Gasteiger partial charge in [0, 0.05) is 6.54 Å². The van der Waals surface area contributed by atoms with Crippen LogP contribution in [0.5, 0.6) is 5.75 Å². The van der Waals surface area contributed by atoms with Crippen molar-refractivity contribution in [2.24, 2.45) is 0 Å². The summed E-state index contributed by atoms with van der Waals surface area (Å²) < 4.78 is 36.7. The maximum atomic E-state index is 11.9. The zero-order valence-electron chi connectivity index (χ0n) is 9.70. The summed E-state index contributed by atoms with van der Waals surface area (Å²) in [6.45, 7) is 1.48. The van der Waals surface area contributed by atoms with Crippen molar-refractivity contribution in [1.29, 1.82) is 0 Å². The SMILES string of the molecule is O=S(=O)(NCC1COCCO1)c1ccccc1O. The van der Waals surface area contributed by atoms with Crippen LogP contribution in [-0.4, -0.2) is 46.0 Å². The average Bonchev–Trinajstić information content (AvgIpc) is 2.38. The van der Waals surface area contributed by atoms with E-state index in [9.17, 15) is 13.5 Å². The second-order valence-electron chi connectivity index (χ2n) is 3.89. The standard InChI is InChI=1S/C11H15NO5S/c13-10-3-1-2-4-11(10)18(14,15)12-7-9-8-16-5-6-17-9/h1-4,9,12-13H,5-8H2. The minimum atomic E-state index is -3.73. The Hall–Kier alpha value is -1.15. The van der Waals surface area contributed by atoms with Crippen molar-refractivity contribution in [2.75, 3.05) is 26.4 Å². The first kappa shape index (κ1) is 13.3. The van der Waals surface area contributed by atoms with Gasteiger partial charge in [-0.3, -0.25) is 0 Å². The molecule has 6 nitrogen and oxygen atoms in total. The number of para-hydroxylation sites is 1. The first-order valence-corrected chi connectivity index (χ1v) is 7.05. The van der Waals surface area contributed by atoms with Gasteiger partial charge in [-0.15, -0.1) is 0 Å². The molecule has 1 aliphatic rings. The fraction of sp³-hybridized carbons (Fsp3) is 0.455. The number of phenolic OH excluding ortho intramolecular Hbond substituents is 1. The van der Waals surface area contributed by atoms with Crippen LogP contribution in [0.25, 0.3) is 0 Å². The number of aromatic hydroxyl groups is 1. The molecule has 0 radical (unpaired) electrons. The van der Waals surface area contributed by atoms with Crippen molar-refractivity contribution < 1.29 is 23.0 Å². The zero-order valence-corrected chi connectivity index (χ0v) is 10.5. The molecule has 0 aromatic heterocycles. The van der Waals surface area contributed by atoms with E-state index in [-0.39, 0.29) is 23.3 Å². The Morgan fingerprint density at radius 3 is 2.78 bits per heavy atom. The molecule has 100 valence electrons. The summed E-state index contributed by atoms with van der Waals surface area (Å²) in [6, 6.07) is 5.78. The molecule has 1 aliphatic heterocycles. The van der Waals surface area contributed by atoms with Gasteiger partial charge in [0.25, 0.3) is 0 Å². The predicted octanol–water partition coefficient (Wildman–Crippen LogP) is 0.0859. The van der Waals surface area contributed by atoms with Crippen molar-refractivity contribution in [3.05, 3.63) is 24.3 Å². The van der Waals surface area contributed by atoms with Crippen LogP contribution in [0, 0.1) is 0 Å². The molecule has 2 rings (SSSR count). The fourth-order valence-corrected chi connectivity index (χ4v) is 2.78. The zero-order chi connectivity index (χ0) is 13.0. The van der Waals surface area contributed by atoms with E-state index in [0.717, 1.165) is 0 Å². The number of benzene rings is 1. The Balaban J connectivity index is 2.01. The quantitative estimate of drug-likeness (QED) is 0.812. The van der Waals surface area contributed by atoms with Gasteiger partial charge in [0.15, 0.2) is 0 Å². The van der Waals surface area contributed by atoms with Gasteiger partial charge in [-0.05, 0) is 12.1 Å². The highest BCUT2D eigenvalue weighted by Gasteiger charge is 2.21. The molecule has 1 unspecified atom stereocenters. The van der Waals surface area contributed by atoms with Crippen molar-refractivity contribution in [1.82, 2.24) is 4.72 Å². The third-order valence-corrected chi connectivity index (χ3v) is 4.01. The minimum Gasteiger partial charge on any atom is -0.507 e. The highest BCUT2D eigenvalue weighted by molar-refractivity contribution is 7.89. The molecular formula is C11H15NO5S. The fourth-order valence-electron chi connectivity index (χ4n) is 1.62. The summed E-state index contributed by atoms with van der Waals surface area (Å²) in [4.78, 5) is -0.137. The molecule has 2 N–H and O–H groups in total.